The molecule has 0 aromatic heterocycles. The SMILES string of the molecule is CC1(C)CNCCN(Cc2ccccc2Cl)S1(=O)=O. The van der Waals surface area contributed by atoms with E-state index in [0.29, 0.717) is 31.2 Å². The second-order valence-electron chi connectivity index (χ2n) is 5.37. The summed E-state index contributed by atoms with van der Waals surface area (Å²) in [5.74, 6) is 0. The molecule has 1 aromatic carbocycles. The van der Waals surface area contributed by atoms with Crippen LogP contribution in [0.15, 0.2) is 24.3 Å². The maximum Gasteiger partial charge on any atom is 0.220 e. The van der Waals surface area contributed by atoms with Gasteiger partial charge in [-0.25, -0.2) is 8.42 Å². The van der Waals surface area contributed by atoms with Gasteiger partial charge >= 0.3 is 0 Å². The summed E-state index contributed by atoms with van der Waals surface area (Å²) in [6, 6.07) is 7.36. The van der Waals surface area contributed by atoms with Crippen molar-refractivity contribution in [2.45, 2.75) is 25.1 Å². The van der Waals surface area contributed by atoms with E-state index in [-0.39, 0.29) is 0 Å². The molecular formula is C13H19ClN2O2S. The number of benzene rings is 1. The van der Waals surface area contributed by atoms with E-state index < -0.39 is 14.8 Å². The second-order valence-corrected chi connectivity index (χ2v) is 8.35. The van der Waals surface area contributed by atoms with Crippen LogP contribution in [0.1, 0.15) is 19.4 Å². The summed E-state index contributed by atoms with van der Waals surface area (Å²) in [7, 11) is -3.34. The monoisotopic (exact) mass is 302 g/mol. The molecule has 1 aliphatic heterocycles. The zero-order chi connectivity index (χ0) is 14.1. The number of hydrogen-bond donors (Lipinski definition) is 1. The number of hydrogen-bond acceptors (Lipinski definition) is 3. The molecule has 1 aromatic rings. The fourth-order valence-electron chi connectivity index (χ4n) is 2.13. The first-order chi connectivity index (χ1) is 8.84. The van der Waals surface area contributed by atoms with Crippen LogP contribution in [-0.2, 0) is 16.6 Å². The molecule has 4 nitrogen and oxygen atoms in total. The van der Waals surface area contributed by atoms with E-state index in [4.69, 9.17) is 11.6 Å². The molecule has 0 aliphatic carbocycles. The lowest BCUT2D eigenvalue weighted by Crippen LogP contribution is -2.46. The van der Waals surface area contributed by atoms with Gasteiger partial charge in [-0.15, -0.1) is 0 Å². The number of nitrogens with zero attached hydrogens (tertiary/aromatic N) is 1. The Morgan fingerprint density at radius 1 is 1.37 bits per heavy atom. The summed E-state index contributed by atoms with van der Waals surface area (Å²) in [6.07, 6.45) is 0. The predicted octanol–water partition coefficient (Wildman–Crippen LogP) is 1.85. The molecule has 0 spiro atoms. The van der Waals surface area contributed by atoms with Gasteiger partial charge in [0.05, 0.1) is 4.75 Å². The van der Waals surface area contributed by atoms with Crippen molar-refractivity contribution < 1.29 is 8.42 Å². The molecule has 106 valence electrons. The van der Waals surface area contributed by atoms with Gasteiger partial charge in [0, 0.05) is 31.2 Å². The van der Waals surface area contributed by atoms with Crippen LogP contribution in [0.5, 0.6) is 0 Å². The highest BCUT2D eigenvalue weighted by atomic mass is 35.5. The highest BCUT2D eigenvalue weighted by Crippen LogP contribution is 2.26. The Hall–Kier alpha value is -0.620. The first-order valence-corrected chi connectivity index (χ1v) is 8.10. The number of sulfonamides is 1. The average molecular weight is 303 g/mol. The predicted molar refractivity (Wildman–Crippen MR) is 77.7 cm³/mol. The molecule has 0 amide bonds. The fourth-order valence-corrected chi connectivity index (χ4v) is 3.95. The molecule has 19 heavy (non-hydrogen) atoms. The molecule has 0 saturated carbocycles. The number of nitrogens with one attached hydrogen (secondary N) is 1. The van der Waals surface area contributed by atoms with Crippen LogP contribution in [0.2, 0.25) is 5.02 Å². The first-order valence-electron chi connectivity index (χ1n) is 6.28. The van der Waals surface area contributed by atoms with Crippen molar-refractivity contribution in [3.05, 3.63) is 34.9 Å². The summed E-state index contributed by atoms with van der Waals surface area (Å²) in [5, 5.41) is 3.77. The lowest BCUT2D eigenvalue weighted by atomic mass is 10.2. The van der Waals surface area contributed by atoms with Crippen molar-refractivity contribution in [2.75, 3.05) is 19.6 Å². The van der Waals surface area contributed by atoms with Crippen molar-refractivity contribution in [1.29, 1.82) is 0 Å². The van der Waals surface area contributed by atoms with E-state index in [2.05, 4.69) is 5.32 Å². The maximum atomic E-state index is 12.6. The normalized spacial score (nSPS) is 22.9. The number of rotatable bonds is 2. The summed E-state index contributed by atoms with van der Waals surface area (Å²) < 4.78 is 25.9. The van der Waals surface area contributed by atoms with Gasteiger partial charge in [0.2, 0.25) is 10.0 Å². The third kappa shape index (κ3) is 2.94. The largest absolute Gasteiger partial charge is 0.314 e. The minimum atomic E-state index is -3.34. The third-order valence-corrected chi connectivity index (χ3v) is 6.33. The van der Waals surface area contributed by atoms with E-state index >= 15 is 0 Å². The quantitative estimate of drug-likeness (QED) is 0.907. The second kappa shape index (κ2) is 5.40. The zero-order valence-corrected chi connectivity index (χ0v) is 12.8. The molecule has 1 heterocycles. The Balaban J connectivity index is 2.31. The van der Waals surface area contributed by atoms with Gasteiger partial charge < -0.3 is 5.32 Å². The Kier molecular flexibility index (Phi) is 4.20. The van der Waals surface area contributed by atoms with Crippen LogP contribution >= 0.6 is 11.6 Å². The highest BCUT2D eigenvalue weighted by molar-refractivity contribution is 7.90. The Morgan fingerprint density at radius 2 is 2.05 bits per heavy atom. The van der Waals surface area contributed by atoms with Gasteiger partial charge in [0.1, 0.15) is 0 Å². The van der Waals surface area contributed by atoms with Gasteiger partial charge in [0.15, 0.2) is 0 Å². The molecule has 0 radical (unpaired) electrons. The minimum absolute atomic E-state index is 0.327. The summed E-state index contributed by atoms with van der Waals surface area (Å²) in [6.45, 7) is 5.42. The third-order valence-electron chi connectivity index (χ3n) is 3.43. The molecule has 2 rings (SSSR count). The van der Waals surface area contributed by atoms with E-state index in [9.17, 15) is 8.42 Å². The van der Waals surface area contributed by atoms with Gasteiger partial charge in [0.25, 0.3) is 0 Å². The highest BCUT2D eigenvalue weighted by Gasteiger charge is 2.40. The van der Waals surface area contributed by atoms with Crippen LogP contribution in [0.4, 0.5) is 0 Å². The number of halogens is 1. The van der Waals surface area contributed by atoms with Crippen molar-refractivity contribution in [3.63, 3.8) is 0 Å². The summed E-state index contributed by atoms with van der Waals surface area (Å²) in [4.78, 5) is 0. The molecule has 1 saturated heterocycles. The zero-order valence-electron chi connectivity index (χ0n) is 11.2. The van der Waals surface area contributed by atoms with Crippen molar-refractivity contribution in [1.82, 2.24) is 9.62 Å². The van der Waals surface area contributed by atoms with E-state index in [1.165, 1.54) is 4.31 Å². The lowest BCUT2D eigenvalue weighted by molar-refractivity contribution is 0.407. The van der Waals surface area contributed by atoms with Crippen LogP contribution in [0.25, 0.3) is 0 Å². The van der Waals surface area contributed by atoms with Gasteiger partial charge in [-0.3, -0.25) is 0 Å². The van der Waals surface area contributed by atoms with Gasteiger partial charge in [-0.1, -0.05) is 29.8 Å². The summed E-state index contributed by atoms with van der Waals surface area (Å²) in [5.41, 5.74) is 0.838. The molecule has 1 aliphatic rings. The average Bonchev–Trinajstić information content (AvgIpc) is 2.43. The van der Waals surface area contributed by atoms with E-state index in [1.807, 2.05) is 18.2 Å². The standard InChI is InChI=1S/C13H19ClN2O2S/c1-13(2)10-15-7-8-16(19(13,17)18)9-11-5-3-4-6-12(11)14/h3-6,15H,7-10H2,1-2H3. The van der Waals surface area contributed by atoms with Gasteiger partial charge in [-0.2, -0.15) is 4.31 Å². The maximum absolute atomic E-state index is 12.6. The van der Waals surface area contributed by atoms with Crippen LogP contribution in [-0.4, -0.2) is 37.1 Å². The molecule has 6 heteroatoms. The molecule has 0 unspecified atom stereocenters. The minimum Gasteiger partial charge on any atom is -0.314 e. The summed E-state index contributed by atoms with van der Waals surface area (Å²) >= 11 is 6.11. The lowest BCUT2D eigenvalue weighted by Gasteiger charge is -2.29. The Morgan fingerprint density at radius 3 is 2.74 bits per heavy atom. The van der Waals surface area contributed by atoms with Crippen molar-refractivity contribution in [2.24, 2.45) is 0 Å². The molecular weight excluding hydrogens is 284 g/mol. The van der Waals surface area contributed by atoms with E-state index in [0.717, 1.165) is 5.56 Å². The van der Waals surface area contributed by atoms with E-state index in [1.54, 1.807) is 19.9 Å². The first kappa shape index (κ1) is 14.8. The molecule has 0 bridgehead atoms. The smallest absolute Gasteiger partial charge is 0.220 e. The topological polar surface area (TPSA) is 49.4 Å². The van der Waals surface area contributed by atoms with Crippen molar-refractivity contribution >= 4 is 21.6 Å². The van der Waals surface area contributed by atoms with Crippen molar-refractivity contribution in [3.8, 4) is 0 Å². The van der Waals surface area contributed by atoms with Crippen LogP contribution in [0.3, 0.4) is 0 Å². The van der Waals surface area contributed by atoms with Crippen LogP contribution < -0.4 is 5.32 Å². The Labute approximate surface area is 119 Å². The molecule has 0 atom stereocenters. The van der Waals surface area contributed by atoms with Crippen LogP contribution in [0, 0.1) is 0 Å². The molecule has 1 fully saturated rings. The Bertz CT molecular complexity index is 558. The van der Waals surface area contributed by atoms with Gasteiger partial charge in [-0.05, 0) is 25.5 Å². The fraction of sp³-hybridized carbons (Fsp3) is 0.538. The molecule has 1 N–H and O–H groups in total.